The van der Waals surface area contributed by atoms with Crippen LogP contribution >= 0.6 is 0 Å². The molecule has 0 amide bonds. The maximum Gasteiger partial charge on any atom is 2.00 e. The molecule has 0 spiro atoms. The average Bonchev–Trinajstić information content (AvgIpc) is 0.811. The van der Waals surface area contributed by atoms with E-state index in [9.17, 15) is 0 Å². The van der Waals surface area contributed by atoms with Gasteiger partial charge in [-0.25, -0.2) is 0 Å². The molecule has 0 atom stereocenters. The van der Waals surface area contributed by atoms with Crippen molar-refractivity contribution in [2.45, 2.75) is 0 Å². The third kappa shape index (κ3) is 65.8. The molecular formula is CO3S. The van der Waals surface area contributed by atoms with Gasteiger partial charge in [-0.1, -0.05) is 0 Å². The number of hydrogen-bond acceptors (Lipinski definition) is 3. The lowest BCUT2D eigenvalue weighted by atomic mass is 11.5. The van der Waals surface area contributed by atoms with E-state index in [4.69, 9.17) is 15.0 Å². The Bertz CT molecular complexity index is 29.9. The average molecular weight is 92.1 g/mol. The fraction of sp³-hybridized carbons (Fsp3) is 0. The second-order valence-corrected chi connectivity index (χ2v) is 0.250. The molecule has 0 aromatic carbocycles. The Morgan fingerprint density at radius 3 is 1.40 bits per heavy atom. The highest BCUT2D eigenvalue weighted by molar-refractivity contribution is 7.37. The maximum absolute atomic E-state index is 8.33. The summed E-state index contributed by atoms with van der Waals surface area (Å²) < 4.78 is 0. The largest absolute Gasteiger partial charge is 2.00 e. The van der Waals surface area contributed by atoms with Gasteiger partial charge < -0.3 is 15.0 Å². The summed E-state index contributed by atoms with van der Waals surface area (Å²) >= 11 is 0. The van der Waals surface area contributed by atoms with Gasteiger partial charge in [0.05, 0.1) is 0 Å². The van der Waals surface area contributed by atoms with E-state index in [-0.39, 0.29) is 13.5 Å². The van der Waals surface area contributed by atoms with Crippen LogP contribution in [0.2, 0.25) is 0 Å². The van der Waals surface area contributed by atoms with E-state index < -0.39 is 6.16 Å². The molecule has 4 radical (unpaired) electrons. The van der Waals surface area contributed by atoms with Crippen LogP contribution in [-0.4, -0.2) is 6.16 Å². The van der Waals surface area contributed by atoms with Crippen molar-refractivity contribution >= 4 is 19.7 Å². The Morgan fingerprint density at radius 1 is 1.40 bits per heavy atom. The monoisotopic (exact) mass is 92.0 g/mol. The molecule has 3 nitrogen and oxygen atoms in total. The first-order chi connectivity index (χ1) is 1.73. The maximum atomic E-state index is 8.33. The molecule has 0 aliphatic heterocycles. The van der Waals surface area contributed by atoms with Gasteiger partial charge in [-0.15, -0.1) is 0 Å². The van der Waals surface area contributed by atoms with Crippen LogP contribution in [0, 0.1) is 0 Å². The molecule has 0 saturated heterocycles. The molecular weight excluding hydrogens is 92.1 g/mol. The van der Waals surface area contributed by atoms with Crippen molar-refractivity contribution in [3.05, 3.63) is 0 Å². The van der Waals surface area contributed by atoms with Gasteiger partial charge in [0, 0.05) is 0 Å². The molecule has 0 unspecified atom stereocenters. The number of carbonyl (C=O) groups excluding carboxylic acids is 1. The fourth-order valence-electron chi connectivity index (χ4n) is 0. The minimum absolute atomic E-state index is 0. The predicted molar refractivity (Wildman–Crippen MR) is 12.8 cm³/mol. The Labute approximate surface area is 35.7 Å². The van der Waals surface area contributed by atoms with Crippen molar-refractivity contribution < 1.29 is 15.0 Å². The van der Waals surface area contributed by atoms with Crippen LogP contribution in [-0.2, 0) is 13.5 Å². The lowest BCUT2D eigenvalue weighted by Crippen LogP contribution is -2.37. The van der Waals surface area contributed by atoms with Gasteiger partial charge in [0.25, 0.3) is 0 Å². The summed E-state index contributed by atoms with van der Waals surface area (Å²) in [5.74, 6) is 0. The summed E-state index contributed by atoms with van der Waals surface area (Å²) in [5.41, 5.74) is 0. The van der Waals surface area contributed by atoms with Crippen LogP contribution in [0.4, 0.5) is 4.79 Å². The molecule has 0 aromatic heterocycles. The molecule has 0 N–H and O–H groups in total. The highest BCUT2D eigenvalue weighted by atomic mass is 32.1. The zero-order chi connectivity index (χ0) is 3.58. The van der Waals surface area contributed by atoms with Crippen LogP contribution in [0.5, 0.6) is 0 Å². The van der Waals surface area contributed by atoms with Gasteiger partial charge in [0.2, 0.25) is 0 Å². The quantitative estimate of drug-likeness (QED) is 0.333. The van der Waals surface area contributed by atoms with E-state index >= 15 is 0 Å². The zero-order valence-corrected chi connectivity index (χ0v) is 2.95. The number of carbonyl (C=O) groups is 1. The Morgan fingerprint density at radius 2 is 1.40 bits per heavy atom. The number of carboxylic acid groups (broad SMARTS) is 2. The van der Waals surface area contributed by atoms with E-state index in [0.717, 1.165) is 0 Å². The molecule has 28 valence electrons. The number of rotatable bonds is 0. The first kappa shape index (κ1) is 8.82. The van der Waals surface area contributed by atoms with E-state index in [1.165, 1.54) is 0 Å². The summed E-state index contributed by atoms with van der Waals surface area (Å²) in [6.07, 6.45) is -2.33. The van der Waals surface area contributed by atoms with E-state index in [1.54, 1.807) is 0 Å². The van der Waals surface area contributed by atoms with Gasteiger partial charge in [0.15, 0.2) is 0 Å². The lowest BCUT2D eigenvalue weighted by Gasteiger charge is -1.96. The predicted octanol–water partition coefficient (Wildman–Crippen LogP) is -2.45. The second kappa shape index (κ2) is 3.62. The summed E-state index contributed by atoms with van der Waals surface area (Å²) in [4.78, 5) is 8.33. The smallest absolute Gasteiger partial charge is 0.652 e. The molecule has 0 aromatic rings. The minimum atomic E-state index is -2.33. The molecule has 4 heteroatoms. The molecule has 0 aliphatic carbocycles. The van der Waals surface area contributed by atoms with Gasteiger partial charge in [-0.05, 0) is 6.16 Å². The summed E-state index contributed by atoms with van der Waals surface area (Å²) in [6, 6.07) is 0. The highest BCUT2D eigenvalue weighted by Gasteiger charge is 2.00. The summed E-state index contributed by atoms with van der Waals surface area (Å²) in [6.45, 7) is 0. The molecule has 0 bridgehead atoms. The highest BCUT2D eigenvalue weighted by Crippen LogP contribution is 1.21. The molecule has 0 aliphatic rings. The van der Waals surface area contributed by atoms with Gasteiger partial charge in [0.1, 0.15) is 0 Å². The second-order valence-electron chi connectivity index (χ2n) is 0.250. The lowest BCUT2D eigenvalue weighted by molar-refractivity contribution is -0.415. The Hall–Kier alpha value is -0.380. The third-order valence-corrected chi connectivity index (χ3v) is 0. The topological polar surface area (TPSA) is 63.2 Å². The minimum Gasteiger partial charge on any atom is -0.652 e. The van der Waals surface area contributed by atoms with Crippen LogP contribution in [0.3, 0.4) is 0 Å². The summed E-state index contributed by atoms with van der Waals surface area (Å²) in [5, 5.41) is 16.7. The molecule has 5 heavy (non-hydrogen) atoms. The van der Waals surface area contributed by atoms with Crippen molar-refractivity contribution in [3.8, 4) is 0 Å². The third-order valence-electron chi connectivity index (χ3n) is 0. The van der Waals surface area contributed by atoms with E-state index in [1.807, 2.05) is 0 Å². The zero-order valence-electron chi connectivity index (χ0n) is 2.13. The van der Waals surface area contributed by atoms with Gasteiger partial charge in [-0.2, -0.15) is 0 Å². The van der Waals surface area contributed by atoms with Crippen molar-refractivity contribution in [2.75, 3.05) is 0 Å². The molecule has 0 saturated carbocycles. The molecule has 0 fully saturated rings. The van der Waals surface area contributed by atoms with Crippen molar-refractivity contribution in [1.29, 1.82) is 0 Å². The fourth-order valence-corrected chi connectivity index (χ4v) is 0. The van der Waals surface area contributed by atoms with Crippen LogP contribution in [0.1, 0.15) is 0 Å². The van der Waals surface area contributed by atoms with Gasteiger partial charge in [-0.3, -0.25) is 0 Å². The Balaban J connectivity index is 0. The van der Waals surface area contributed by atoms with E-state index in [0.29, 0.717) is 0 Å². The summed E-state index contributed by atoms with van der Waals surface area (Å²) in [7, 11) is 0. The Kier molecular flexibility index (Phi) is 6.39. The van der Waals surface area contributed by atoms with Gasteiger partial charge >= 0.3 is 13.5 Å². The van der Waals surface area contributed by atoms with Crippen LogP contribution < -0.4 is 10.2 Å². The van der Waals surface area contributed by atoms with Crippen molar-refractivity contribution in [2.24, 2.45) is 0 Å². The van der Waals surface area contributed by atoms with Crippen LogP contribution in [0.25, 0.3) is 0 Å². The first-order valence-corrected chi connectivity index (χ1v) is 0.612. The SMILES string of the molecule is O=C([O-])[O-].[S+2]. The number of hydrogen-bond donors (Lipinski definition) is 0. The molecule has 0 heterocycles. The van der Waals surface area contributed by atoms with Crippen LogP contribution in [0.15, 0.2) is 0 Å². The molecule has 0 rings (SSSR count). The normalized spacial score (nSPS) is 4.80. The first-order valence-electron chi connectivity index (χ1n) is 0.612. The standard InChI is InChI=1S/CH2O3.S/c2-1(3)4;/h(H2,2,3,4);/q;+2/p-2. The van der Waals surface area contributed by atoms with Crippen molar-refractivity contribution in [1.82, 2.24) is 0 Å². The van der Waals surface area contributed by atoms with Crippen molar-refractivity contribution in [3.63, 3.8) is 0 Å². The van der Waals surface area contributed by atoms with E-state index in [2.05, 4.69) is 0 Å².